The molecule has 1 aromatic carbocycles. The zero-order valence-electron chi connectivity index (χ0n) is 11.3. The second-order valence-corrected chi connectivity index (χ2v) is 5.11. The minimum absolute atomic E-state index is 0.188. The highest BCUT2D eigenvalue weighted by Crippen LogP contribution is 2.25. The summed E-state index contributed by atoms with van der Waals surface area (Å²) in [5.41, 5.74) is 7.96. The first kappa shape index (κ1) is 13.7. The fraction of sp³-hybridized carbons (Fsp3) is 0.500. The second kappa shape index (κ2) is 4.88. The minimum atomic E-state index is -0.814. The van der Waals surface area contributed by atoms with Crippen molar-refractivity contribution in [3.63, 3.8) is 0 Å². The van der Waals surface area contributed by atoms with Crippen molar-refractivity contribution in [2.45, 2.75) is 46.2 Å². The van der Waals surface area contributed by atoms with Gasteiger partial charge in [0.05, 0.1) is 0 Å². The van der Waals surface area contributed by atoms with Gasteiger partial charge in [-0.25, -0.2) is 0 Å². The van der Waals surface area contributed by atoms with E-state index >= 15 is 0 Å². The van der Waals surface area contributed by atoms with Crippen LogP contribution < -0.4 is 11.1 Å². The zero-order valence-corrected chi connectivity index (χ0v) is 11.3. The number of benzene rings is 1. The Labute approximate surface area is 103 Å². The van der Waals surface area contributed by atoms with Crippen molar-refractivity contribution < 1.29 is 4.79 Å². The molecule has 1 unspecified atom stereocenters. The van der Waals surface area contributed by atoms with Crippen LogP contribution in [0.3, 0.4) is 0 Å². The Bertz CT molecular complexity index is 426. The molecule has 3 N–H and O–H groups in total. The van der Waals surface area contributed by atoms with Crippen LogP contribution in [0.4, 0.5) is 0 Å². The summed E-state index contributed by atoms with van der Waals surface area (Å²) < 4.78 is 0. The van der Waals surface area contributed by atoms with Crippen LogP contribution in [0.2, 0.25) is 0 Å². The van der Waals surface area contributed by atoms with Gasteiger partial charge in [-0.1, -0.05) is 23.8 Å². The summed E-state index contributed by atoms with van der Waals surface area (Å²) in [6.07, 6.45) is 0. The molecule has 1 rings (SSSR count). The lowest BCUT2D eigenvalue weighted by Crippen LogP contribution is -2.53. The van der Waals surface area contributed by atoms with E-state index in [1.165, 1.54) is 5.56 Å². The van der Waals surface area contributed by atoms with Gasteiger partial charge in [-0.2, -0.15) is 0 Å². The van der Waals surface area contributed by atoms with E-state index in [0.717, 1.165) is 11.1 Å². The van der Waals surface area contributed by atoms with Crippen molar-refractivity contribution in [3.05, 3.63) is 34.9 Å². The number of amides is 1. The Balaban J connectivity index is 3.27. The molecule has 0 heterocycles. The van der Waals surface area contributed by atoms with Gasteiger partial charge >= 0.3 is 0 Å². The first-order valence-corrected chi connectivity index (χ1v) is 5.92. The molecule has 0 aliphatic rings. The summed E-state index contributed by atoms with van der Waals surface area (Å²) in [6, 6.07) is 6.24. The third-order valence-corrected chi connectivity index (χ3v) is 2.99. The summed E-state index contributed by atoms with van der Waals surface area (Å²) in [6.45, 7) is 9.89. The van der Waals surface area contributed by atoms with E-state index in [1.54, 1.807) is 0 Å². The second-order valence-electron chi connectivity index (χ2n) is 5.11. The van der Waals surface area contributed by atoms with E-state index in [9.17, 15) is 4.79 Å². The minimum Gasteiger partial charge on any atom is -0.368 e. The third kappa shape index (κ3) is 2.86. The Hall–Kier alpha value is -1.35. The van der Waals surface area contributed by atoms with Crippen LogP contribution in [0, 0.1) is 13.8 Å². The van der Waals surface area contributed by atoms with Crippen LogP contribution in [0.1, 0.15) is 37.5 Å². The predicted molar refractivity (Wildman–Crippen MR) is 70.7 cm³/mol. The molecule has 0 aromatic heterocycles. The molecule has 0 saturated carbocycles. The molecule has 0 radical (unpaired) electrons. The van der Waals surface area contributed by atoms with Gasteiger partial charge < -0.3 is 5.73 Å². The topological polar surface area (TPSA) is 55.1 Å². The molecule has 3 nitrogen and oxygen atoms in total. The molecule has 94 valence electrons. The van der Waals surface area contributed by atoms with Crippen molar-refractivity contribution >= 4 is 5.91 Å². The Morgan fingerprint density at radius 2 is 1.94 bits per heavy atom. The molecular weight excluding hydrogens is 212 g/mol. The van der Waals surface area contributed by atoms with Crippen LogP contribution in [0.5, 0.6) is 0 Å². The average Bonchev–Trinajstić information content (AvgIpc) is 2.15. The van der Waals surface area contributed by atoms with E-state index in [1.807, 2.05) is 46.8 Å². The van der Waals surface area contributed by atoms with Gasteiger partial charge in [0.15, 0.2) is 0 Å². The van der Waals surface area contributed by atoms with Crippen LogP contribution in [-0.4, -0.2) is 11.9 Å². The van der Waals surface area contributed by atoms with Gasteiger partial charge in [-0.05, 0) is 45.7 Å². The van der Waals surface area contributed by atoms with Gasteiger partial charge in [0.25, 0.3) is 0 Å². The average molecular weight is 234 g/mol. The molecular formula is C14H22N2O. The normalized spacial score (nSPS) is 14.7. The van der Waals surface area contributed by atoms with Gasteiger partial charge in [-0.15, -0.1) is 0 Å². The standard InChI is InChI=1S/C14H22N2O/c1-9(2)16-14(5,13(15)17)12-7-6-10(3)8-11(12)4/h6-9,16H,1-5H3,(H2,15,17). The van der Waals surface area contributed by atoms with Crippen LogP contribution in [-0.2, 0) is 10.3 Å². The highest BCUT2D eigenvalue weighted by Gasteiger charge is 2.34. The molecule has 0 fully saturated rings. The van der Waals surface area contributed by atoms with Crippen molar-refractivity contribution in [2.75, 3.05) is 0 Å². The Kier molecular flexibility index (Phi) is 3.94. The predicted octanol–water partition coefficient (Wildman–Crippen LogP) is 2.00. The van der Waals surface area contributed by atoms with Crippen molar-refractivity contribution in [2.24, 2.45) is 5.73 Å². The molecule has 1 amide bonds. The van der Waals surface area contributed by atoms with Crippen LogP contribution in [0.25, 0.3) is 0 Å². The van der Waals surface area contributed by atoms with Gasteiger partial charge in [0.2, 0.25) is 5.91 Å². The number of carbonyl (C=O) groups is 1. The van der Waals surface area contributed by atoms with Crippen LogP contribution >= 0.6 is 0 Å². The lowest BCUT2D eigenvalue weighted by atomic mass is 9.86. The molecule has 0 spiro atoms. The SMILES string of the molecule is Cc1ccc(C(C)(NC(C)C)C(N)=O)c(C)c1. The van der Waals surface area contributed by atoms with E-state index in [0.29, 0.717) is 0 Å². The molecule has 0 bridgehead atoms. The van der Waals surface area contributed by atoms with Crippen LogP contribution in [0.15, 0.2) is 18.2 Å². The molecule has 17 heavy (non-hydrogen) atoms. The monoisotopic (exact) mass is 234 g/mol. The number of primary amides is 1. The fourth-order valence-corrected chi connectivity index (χ4v) is 2.23. The zero-order chi connectivity index (χ0) is 13.2. The van der Waals surface area contributed by atoms with E-state index in [4.69, 9.17) is 5.73 Å². The smallest absolute Gasteiger partial charge is 0.242 e. The number of hydrogen-bond donors (Lipinski definition) is 2. The first-order valence-electron chi connectivity index (χ1n) is 5.92. The lowest BCUT2D eigenvalue weighted by molar-refractivity contribution is -0.124. The quantitative estimate of drug-likeness (QED) is 0.837. The third-order valence-electron chi connectivity index (χ3n) is 2.99. The summed E-state index contributed by atoms with van der Waals surface area (Å²) in [4.78, 5) is 11.8. The van der Waals surface area contributed by atoms with Gasteiger partial charge in [-0.3, -0.25) is 10.1 Å². The van der Waals surface area contributed by atoms with Gasteiger partial charge in [0.1, 0.15) is 5.54 Å². The highest BCUT2D eigenvalue weighted by molar-refractivity contribution is 5.86. The number of aryl methyl sites for hydroxylation is 2. The molecule has 0 aliphatic heterocycles. The Morgan fingerprint density at radius 1 is 1.35 bits per heavy atom. The first-order chi connectivity index (χ1) is 7.77. The fourth-order valence-electron chi connectivity index (χ4n) is 2.23. The molecule has 3 heteroatoms. The number of carbonyl (C=O) groups excluding carboxylic acids is 1. The Morgan fingerprint density at radius 3 is 2.35 bits per heavy atom. The van der Waals surface area contributed by atoms with E-state index in [2.05, 4.69) is 11.4 Å². The number of hydrogen-bond acceptors (Lipinski definition) is 2. The van der Waals surface area contributed by atoms with Crippen molar-refractivity contribution in [3.8, 4) is 0 Å². The maximum atomic E-state index is 11.8. The number of nitrogens with two attached hydrogens (primary N) is 1. The summed E-state index contributed by atoms with van der Waals surface area (Å²) in [5.74, 6) is -0.349. The van der Waals surface area contributed by atoms with E-state index < -0.39 is 5.54 Å². The maximum Gasteiger partial charge on any atom is 0.242 e. The maximum absolute atomic E-state index is 11.8. The highest BCUT2D eigenvalue weighted by atomic mass is 16.1. The molecule has 1 atom stereocenters. The summed E-state index contributed by atoms with van der Waals surface area (Å²) in [5, 5.41) is 3.26. The summed E-state index contributed by atoms with van der Waals surface area (Å²) >= 11 is 0. The largest absolute Gasteiger partial charge is 0.368 e. The molecule has 0 saturated heterocycles. The van der Waals surface area contributed by atoms with Crippen molar-refractivity contribution in [1.82, 2.24) is 5.32 Å². The molecule has 1 aromatic rings. The number of rotatable bonds is 4. The summed E-state index contributed by atoms with van der Waals surface area (Å²) in [7, 11) is 0. The lowest BCUT2D eigenvalue weighted by Gasteiger charge is -2.31. The van der Waals surface area contributed by atoms with E-state index in [-0.39, 0.29) is 11.9 Å². The van der Waals surface area contributed by atoms with Crippen molar-refractivity contribution in [1.29, 1.82) is 0 Å². The van der Waals surface area contributed by atoms with Gasteiger partial charge in [0, 0.05) is 6.04 Å². The molecule has 0 aliphatic carbocycles. The number of nitrogens with one attached hydrogen (secondary N) is 1.